The van der Waals surface area contributed by atoms with E-state index in [9.17, 15) is 0 Å². The van der Waals surface area contributed by atoms with Crippen molar-refractivity contribution < 1.29 is 14.4 Å². The Morgan fingerprint density at radius 3 is 2.50 bits per heavy atom. The molecule has 0 spiro atoms. The van der Waals surface area contributed by atoms with Crippen LogP contribution in [0.4, 0.5) is 0 Å². The summed E-state index contributed by atoms with van der Waals surface area (Å²) in [5.74, 6) is 3.12. The molecule has 130 valence electrons. The molecule has 0 bridgehead atoms. The van der Waals surface area contributed by atoms with Gasteiger partial charge in [-0.1, -0.05) is 13.8 Å². The molecule has 0 aliphatic carbocycles. The van der Waals surface area contributed by atoms with Gasteiger partial charge in [-0.05, 0) is 24.6 Å². The molecule has 1 aliphatic heterocycles. The topological polar surface area (TPSA) is 35.8 Å². The third-order valence-corrected chi connectivity index (χ3v) is 5.63. The van der Waals surface area contributed by atoms with Crippen LogP contribution >= 0.6 is 11.3 Å². The van der Waals surface area contributed by atoms with Gasteiger partial charge in [0.15, 0.2) is 11.5 Å². The SMILES string of the molecule is COc1ccc(-c2nc(C[NH+]3C[C@H](C)C[C@@H](C)C3)cs2)cc1OC. The van der Waals surface area contributed by atoms with E-state index in [0.29, 0.717) is 0 Å². The number of methoxy groups -OCH3 is 2. The number of nitrogens with one attached hydrogen (secondary N) is 1. The summed E-state index contributed by atoms with van der Waals surface area (Å²) in [4.78, 5) is 6.51. The van der Waals surface area contributed by atoms with Crippen LogP contribution in [-0.2, 0) is 6.54 Å². The number of thiazole rings is 1. The number of benzene rings is 1. The van der Waals surface area contributed by atoms with Gasteiger partial charge < -0.3 is 14.4 Å². The molecule has 24 heavy (non-hydrogen) atoms. The van der Waals surface area contributed by atoms with Gasteiger partial charge in [-0.2, -0.15) is 0 Å². The summed E-state index contributed by atoms with van der Waals surface area (Å²) in [6.45, 7) is 8.27. The van der Waals surface area contributed by atoms with Crippen molar-refractivity contribution in [3.8, 4) is 22.1 Å². The molecule has 1 aromatic heterocycles. The Balaban J connectivity index is 1.73. The van der Waals surface area contributed by atoms with Gasteiger partial charge in [0.05, 0.1) is 27.3 Å². The van der Waals surface area contributed by atoms with Crippen molar-refractivity contribution >= 4 is 11.3 Å². The van der Waals surface area contributed by atoms with Gasteiger partial charge in [0.2, 0.25) is 0 Å². The first kappa shape index (κ1) is 17.2. The van der Waals surface area contributed by atoms with Crippen LogP contribution in [-0.4, -0.2) is 32.3 Å². The molecular weight excluding hydrogens is 320 g/mol. The highest BCUT2D eigenvalue weighted by Gasteiger charge is 2.25. The molecule has 2 heterocycles. The molecule has 2 aromatic rings. The minimum Gasteiger partial charge on any atom is -0.493 e. The first-order valence-corrected chi connectivity index (χ1v) is 9.47. The predicted octanol–water partition coefficient (Wildman–Crippen LogP) is 2.89. The van der Waals surface area contributed by atoms with Crippen molar-refractivity contribution in [2.24, 2.45) is 11.8 Å². The van der Waals surface area contributed by atoms with Crippen LogP contribution in [0.2, 0.25) is 0 Å². The molecular formula is C19H27N2O2S+. The maximum absolute atomic E-state index is 5.40. The fraction of sp³-hybridized carbons (Fsp3) is 0.526. The highest BCUT2D eigenvalue weighted by Crippen LogP contribution is 2.33. The second-order valence-electron chi connectivity index (χ2n) is 6.99. The zero-order valence-electron chi connectivity index (χ0n) is 15.0. The van der Waals surface area contributed by atoms with Gasteiger partial charge in [-0.15, -0.1) is 11.3 Å². The fourth-order valence-electron chi connectivity index (χ4n) is 3.81. The molecule has 2 atom stereocenters. The summed E-state index contributed by atoms with van der Waals surface area (Å²) in [6.07, 6.45) is 1.36. The van der Waals surface area contributed by atoms with Gasteiger partial charge in [0.25, 0.3) is 0 Å². The van der Waals surface area contributed by atoms with Gasteiger partial charge in [0.1, 0.15) is 17.2 Å². The number of rotatable bonds is 5. The van der Waals surface area contributed by atoms with Crippen molar-refractivity contribution in [1.82, 2.24) is 4.98 Å². The smallest absolute Gasteiger partial charge is 0.161 e. The number of quaternary nitrogens is 1. The average Bonchev–Trinajstić information content (AvgIpc) is 3.01. The summed E-state index contributed by atoms with van der Waals surface area (Å²) in [7, 11) is 3.32. The Morgan fingerprint density at radius 1 is 1.12 bits per heavy atom. The average molecular weight is 348 g/mol. The minimum absolute atomic E-state index is 0.746. The zero-order valence-corrected chi connectivity index (χ0v) is 15.8. The van der Waals surface area contributed by atoms with Crippen molar-refractivity contribution in [2.75, 3.05) is 27.3 Å². The van der Waals surface area contributed by atoms with Gasteiger partial charge in [-0.25, -0.2) is 4.98 Å². The van der Waals surface area contributed by atoms with Crippen molar-refractivity contribution in [3.63, 3.8) is 0 Å². The lowest BCUT2D eigenvalue weighted by atomic mass is 9.92. The summed E-state index contributed by atoms with van der Waals surface area (Å²) >= 11 is 1.70. The Labute approximate surface area is 148 Å². The first-order chi connectivity index (χ1) is 11.6. The number of hydrogen-bond donors (Lipinski definition) is 1. The molecule has 1 saturated heterocycles. The Hall–Kier alpha value is -1.59. The standard InChI is InChI=1S/C19H26N2O2S/c1-13-7-14(2)10-21(9-13)11-16-12-24-19(20-16)15-5-6-17(22-3)18(8-15)23-4/h5-6,8,12-14H,7,9-11H2,1-4H3/p+1/t13-,14-/m1/s1. The maximum atomic E-state index is 5.40. The summed E-state index contributed by atoms with van der Waals surface area (Å²) in [5.41, 5.74) is 2.28. The van der Waals surface area contributed by atoms with E-state index < -0.39 is 0 Å². The van der Waals surface area contributed by atoms with Crippen molar-refractivity contribution in [3.05, 3.63) is 29.3 Å². The number of nitrogens with zero attached hydrogens (tertiary/aromatic N) is 1. The lowest BCUT2D eigenvalue weighted by Crippen LogP contribution is -3.13. The van der Waals surface area contributed by atoms with E-state index >= 15 is 0 Å². The zero-order chi connectivity index (χ0) is 17.1. The molecule has 1 N–H and O–H groups in total. The van der Waals surface area contributed by atoms with Gasteiger partial charge >= 0.3 is 0 Å². The minimum atomic E-state index is 0.746. The fourth-order valence-corrected chi connectivity index (χ4v) is 4.63. The van der Waals surface area contributed by atoms with Crippen LogP contribution in [0.5, 0.6) is 11.5 Å². The summed E-state index contributed by atoms with van der Waals surface area (Å²) in [5, 5.41) is 3.24. The molecule has 0 saturated carbocycles. The third kappa shape index (κ3) is 3.90. The lowest BCUT2D eigenvalue weighted by molar-refractivity contribution is -0.925. The van der Waals surface area contributed by atoms with Crippen molar-refractivity contribution in [2.45, 2.75) is 26.8 Å². The van der Waals surface area contributed by atoms with Crippen LogP contribution in [0.15, 0.2) is 23.6 Å². The predicted molar refractivity (Wildman–Crippen MR) is 98.0 cm³/mol. The number of piperidine rings is 1. The number of hydrogen-bond acceptors (Lipinski definition) is 4. The molecule has 1 aromatic carbocycles. The molecule has 0 amide bonds. The van der Waals surface area contributed by atoms with E-state index in [1.54, 1.807) is 30.5 Å². The highest BCUT2D eigenvalue weighted by atomic mass is 32.1. The number of ether oxygens (including phenoxy) is 2. The molecule has 1 fully saturated rings. The quantitative estimate of drug-likeness (QED) is 0.903. The molecule has 0 radical (unpaired) electrons. The summed E-state index contributed by atoms with van der Waals surface area (Å²) < 4.78 is 10.7. The summed E-state index contributed by atoms with van der Waals surface area (Å²) in [6, 6.07) is 5.98. The monoisotopic (exact) mass is 347 g/mol. The Kier molecular flexibility index (Phi) is 5.41. The maximum Gasteiger partial charge on any atom is 0.161 e. The molecule has 4 nitrogen and oxygen atoms in total. The van der Waals surface area contributed by atoms with E-state index in [-0.39, 0.29) is 0 Å². The Bertz CT molecular complexity index is 676. The molecule has 1 aliphatic rings. The molecule has 5 heteroatoms. The van der Waals surface area contributed by atoms with Crippen LogP contribution in [0.25, 0.3) is 10.6 Å². The van der Waals surface area contributed by atoms with E-state index in [4.69, 9.17) is 14.5 Å². The van der Waals surface area contributed by atoms with Crippen LogP contribution < -0.4 is 14.4 Å². The van der Waals surface area contributed by atoms with Gasteiger partial charge in [0, 0.05) is 22.8 Å². The normalized spacial score (nSPS) is 23.9. The highest BCUT2D eigenvalue weighted by molar-refractivity contribution is 7.13. The number of likely N-dealkylation sites (tertiary alicyclic amines) is 1. The lowest BCUT2D eigenvalue weighted by Gasteiger charge is -2.31. The molecule has 3 rings (SSSR count). The third-order valence-electron chi connectivity index (χ3n) is 4.69. The largest absolute Gasteiger partial charge is 0.493 e. The van der Waals surface area contributed by atoms with Crippen molar-refractivity contribution in [1.29, 1.82) is 0 Å². The number of aromatic nitrogens is 1. The second-order valence-corrected chi connectivity index (χ2v) is 7.85. The van der Waals surface area contributed by atoms with E-state index in [0.717, 1.165) is 40.5 Å². The van der Waals surface area contributed by atoms with Crippen LogP contribution in [0.1, 0.15) is 26.0 Å². The van der Waals surface area contributed by atoms with Crippen LogP contribution in [0.3, 0.4) is 0 Å². The Morgan fingerprint density at radius 2 is 1.83 bits per heavy atom. The first-order valence-electron chi connectivity index (χ1n) is 8.59. The van der Waals surface area contributed by atoms with E-state index in [1.807, 2.05) is 18.2 Å². The van der Waals surface area contributed by atoms with Crippen LogP contribution in [0, 0.1) is 11.8 Å². The van der Waals surface area contributed by atoms with E-state index in [2.05, 4.69) is 19.2 Å². The molecule has 0 unspecified atom stereocenters. The second kappa shape index (κ2) is 7.53. The van der Waals surface area contributed by atoms with Gasteiger partial charge in [-0.3, -0.25) is 0 Å². The van der Waals surface area contributed by atoms with E-state index in [1.165, 1.54) is 25.2 Å².